The molecule has 0 saturated carbocycles. The van der Waals surface area contributed by atoms with Crippen LogP contribution >= 0.6 is 33.3 Å². The smallest absolute Gasteiger partial charge is 0.220 e. The van der Waals surface area contributed by atoms with Crippen molar-refractivity contribution in [1.82, 2.24) is 10.6 Å². The summed E-state index contributed by atoms with van der Waals surface area (Å²) in [6.45, 7) is 2.64. The van der Waals surface area contributed by atoms with E-state index in [0.717, 1.165) is 5.75 Å². The minimum absolute atomic E-state index is 0.0163. The van der Waals surface area contributed by atoms with Crippen LogP contribution in [0.25, 0.3) is 0 Å². The zero-order chi connectivity index (χ0) is 13.8. The molecule has 4 nitrogen and oxygen atoms in total. The largest absolute Gasteiger partial charge is 0.355 e. The number of carbonyl (C=O) groups excluding carboxylic acids is 2. The summed E-state index contributed by atoms with van der Waals surface area (Å²) in [6, 6.07) is 0. The first-order valence-electron chi connectivity index (χ1n) is 5.84. The first-order chi connectivity index (χ1) is 8.60. The Morgan fingerprint density at radius 1 is 1.17 bits per heavy atom. The van der Waals surface area contributed by atoms with E-state index in [9.17, 15) is 9.59 Å². The molecule has 0 fully saturated rings. The molecule has 0 rings (SSSR count). The fraction of sp³-hybridized carbons (Fsp3) is 0.818. The van der Waals surface area contributed by atoms with Gasteiger partial charge in [-0.25, -0.2) is 0 Å². The molecule has 7 heteroatoms. The van der Waals surface area contributed by atoms with E-state index in [4.69, 9.17) is 0 Å². The minimum Gasteiger partial charge on any atom is -0.355 e. The Morgan fingerprint density at radius 3 is 2.44 bits per heavy atom. The lowest BCUT2D eigenvalue weighted by molar-refractivity contribution is -0.122. The van der Waals surface area contributed by atoms with Crippen LogP contribution in [0.3, 0.4) is 0 Å². The molecule has 0 bridgehead atoms. The third-order valence-electron chi connectivity index (χ3n) is 2.15. The highest BCUT2D eigenvalue weighted by Crippen LogP contribution is 2.14. The Morgan fingerprint density at radius 2 is 1.83 bits per heavy atom. The Kier molecular flexibility index (Phi) is 12.0. The quantitative estimate of drug-likeness (QED) is 0.368. The van der Waals surface area contributed by atoms with Crippen LogP contribution < -0.4 is 10.6 Å². The monoisotopic (exact) mass is 310 g/mol. The van der Waals surface area contributed by atoms with Crippen LogP contribution in [0.2, 0.25) is 0 Å². The van der Waals surface area contributed by atoms with Gasteiger partial charge in [0.1, 0.15) is 0 Å². The summed E-state index contributed by atoms with van der Waals surface area (Å²) in [5, 5.41) is 5.82. The predicted molar refractivity (Wildman–Crippen MR) is 84.0 cm³/mol. The molecule has 0 aliphatic carbocycles. The highest BCUT2D eigenvalue weighted by Gasteiger charge is 2.07. The van der Waals surface area contributed by atoms with Crippen molar-refractivity contribution in [3.05, 3.63) is 0 Å². The molecular formula is C11H22N2O2S3. The summed E-state index contributed by atoms with van der Waals surface area (Å²) >= 11 is 1.59. The van der Waals surface area contributed by atoms with Crippen LogP contribution in [0.15, 0.2) is 0 Å². The molecule has 0 aromatic carbocycles. The van der Waals surface area contributed by atoms with Gasteiger partial charge in [-0.15, -0.1) is 11.8 Å². The topological polar surface area (TPSA) is 58.2 Å². The van der Waals surface area contributed by atoms with E-state index in [0.29, 0.717) is 25.8 Å². The average Bonchev–Trinajstić information content (AvgIpc) is 2.34. The summed E-state index contributed by atoms with van der Waals surface area (Å²) in [4.78, 5) is 22.8. The minimum atomic E-state index is 0.0163. The Bertz CT molecular complexity index is 252. The highest BCUT2D eigenvalue weighted by molar-refractivity contribution is 8.76. The van der Waals surface area contributed by atoms with Crippen molar-refractivity contribution < 1.29 is 9.59 Å². The van der Waals surface area contributed by atoms with E-state index in [-0.39, 0.29) is 17.2 Å². The van der Waals surface area contributed by atoms with Crippen LogP contribution in [0.1, 0.15) is 26.2 Å². The molecule has 18 heavy (non-hydrogen) atoms. The molecule has 0 heterocycles. The zero-order valence-electron chi connectivity index (χ0n) is 11.2. The molecule has 1 atom stereocenters. The molecule has 0 spiro atoms. The van der Waals surface area contributed by atoms with Crippen molar-refractivity contribution in [1.29, 1.82) is 0 Å². The SMILES string of the molecule is CSSCCNC(=O)CCCC(=O)NC(C)SC. The van der Waals surface area contributed by atoms with Crippen LogP contribution in [-0.2, 0) is 9.59 Å². The van der Waals surface area contributed by atoms with Gasteiger partial charge < -0.3 is 10.6 Å². The van der Waals surface area contributed by atoms with Crippen molar-refractivity contribution in [2.24, 2.45) is 0 Å². The van der Waals surface area contributed by atoms with Gasteiger partial charge in [-0.3, -0.25) is 9.59 Å². The molecule has 106 valence electrons. The van der Waals surface area contributed by atoms with Gasteiger partial charge in [-0.1, -0.05) is 21.6 Å². The van der Waals surface area contributed by atoms with E-state index in [1.165, 1.54) is 0 Å². The van der Waals surface area contributed by atoms with Crippen molar-refractivity contribution in [3.8, 4) is 0 Å². The van der Waals surface area contributed by atoms with Crippen molar-refractivity contribution >= 4 is 45.2 Å². The Balaban J connectivity index is 3.47. The van der Waals surface area contributed by atoms with Crippen LogP contribution in [-0.4, -0.2) is 42.0 Å². The number of carbonyl (C=O) groups is 2. The van der Waals surface area contributed by atoms with Crippen LogP contribution in [0, 0.1) is 0 Å². The summed E-state index contributed by atoms with van der Waals surface area (Å²) in [7, 11) is 3.42. The number of thioether (sulfide) groups is 1. The third kappa shape index (κ3) is 11.1. The number of nitrogens with one attached hydrogen (secondary N) is 2. The maximum Gasteiger partial charge on any atom is 0.220 e. The van der Waals surface area contributed by atoms with Gasteiger partial charge in [-0.05, 0) is 25.9 Å². The van der Waals surface area contributed by atoms with Crippen LogP contribution in [0.4, 0.5) is 0 Å². The molecule has 0 saturated heterocycles. The van der Waals surface area contributed by atoms with Crippen molar-refractivity contribution in [2.75, 3.05) is 24.8 Å². The highest BCUT2D eigenvalue weighted by atomic mass is 33.1. The number of amides is 2. The molecule has 2 amide bonds. The molecule has 2 N–H and O–H groups in total. The average molecular weight is 311 g/mol. The normalized spacial score (nSPS) is 11.9. The van der Waals surface area contributed by atoms with Gasteiger partial charge >= 0.3 is 0 Å². The third-order valence-corrected chi connectivity index (χ3v) is 4.79. The maximum absolute atomic E-state index is 11.4. The number of hydrogen-bond donors (Lipinski definition) is 2. The number of hydrogen-bond acceptors (Lipinski definition) is 5. The number of rotatable bonds is 10. The molecule has 1 unspecified atom stereocenters. The lowest BCUT2D eigenvalue weighted by Gasteiger charge is -2.10. The van der Waals surface area contributed by atoms with Gasteiger partial charge in [0.05, 0.1) is 5.37 Å². The first-order valence-corrected chi connectivity index (χ1v) is 9.86. The van der Waals surface area contributed by atoms with E-state index in [2.05, 4.69) is 10.6 Å². The van der Waals surface area contributed by atoms with E-state index in [1.54, 1.807) is 33.3 Å². The van der Waals surface area contributed by atoms with E-state index >= 15 is 0 Å². The first kappa shape index (κ1) is 18.0. The molecule has 0 aliphatic heterocycles. The second kappa shape index (κ2) is 12.0. The van der Waals surface area contributed by atoms with Gasteiger partial charge in [0.2, 0.25) is 11.8 Å². The molecule has 0 aromatic heterocycles. The molecule has 0 aliphatic rings. The summed E-state index contributed by atoms with van der Waals surface area (Å²) < 4.78 is 0. The Hall–Kier alpha value is -0.0100. The standard InChI is InChI=1S/C11H22N2O2S3/c1-9(16-2)13-11(15)6-4-5-10(14)12-7-8-18-17-3/h9H,4-8H2,1-3H3,(H,12,14)(H,13,15). The maximum atomic E-state index is 11.4. The van der Waals surface area contributed by atoms with Gasteiger partial charge in [0.25, 0.3) is 0 Å². The van der Waals surface area contributed by atoms with Crippen molar-refractivity contribution in [2.45, 2.75) is 31.6 Å². The van der Waals surface area contributed by atoms with E-state index in [1.807, 2.05) is 19.4 Å². The zero-order valence-corrected chi connectivity index (χ0v) is 13.6. The lowest BCUT2D eigenvalue weighted by Crippen LogP contribution is -2.30. The fourth-order valence-corrected chi connectivity index (χ4v) is 2.52. The Labute approximate surface area is 122 Å². The summed E-state index contributed by atoms with van der Waals surface area (Å²) in [6.07, 6.45) is 5.41. The van der Waals surface area contributed by atoms with Gasteiger partial charge in [0.15, 0.2) is 0 Å². The predicted octanol–water partition coefficient (Wildman–Crippen LogP) is 2.11. The second-order valence-electron chi connectivity index (χ2n) is 3.64. The molecular weight excluding hydrogens is 288 g/mol. The summed E-state index contributed by atoms with van der Waals surface area (Å²) in [5.74, 6) is 0.962. The van der Waals surface area contributed by atoms with Gasteiger partial charge in [-0.2, -0.15) is 0 Å². The van der Waals surface area contributed by atoms with Crippen LogP contribution in [0.5, 0.6) is 0 Å². The molecule has 0 aromatic rings. The lowest BCUT2D eigenvalue weighted by atomic mass is 10.2. The van der Waals surface area contributed by atoms with Gasteiger partial charge in [0, 0.05) is 25.1 Å². The van der Waals surface area contributed by atoms with E-state index < -0.39 is 0 Å². The van der Waals surface area contributed by atoms with Crippen molar-refractivity contribution in [3.63, 3.8) is 0 Å². The fourth-order valence-electron chi connectivity index (χ4n) is 1.17. The second-order valence-corrected chi connectivity index (χ2v) is 7.50. The molecule has 0 radical (unpaired) electrons. The summed E-state index contributed by atoms with van der Waals surface area (Å²) in [5.41, 5.74) is 0.